The molecule has 5 heteroatoms. The van der Waals surface area contributed by atoms with Gasteiger partial charge in [0.2, 0.25) is 0 Å². The molecule has 0 aliphatic rings. The molecule has 0 radical (unpaired) electrons. The molecule has 1 rings (SSSR count). The summed E-state index contributed by atoms with van der Waals surface area (Å²) in [4.78, 5) is 11.1. The molecule has 0 aliphatic heterocycles. The average Bonchev–Trinajstić information content (AvgIpc) is 2.30. The predicted octanol–water partition coefficient (Wildman–Crippen LogP) is 3.10. The van der Waals surface area contributed by atoms with Crippen molar-refractivity contribution < 1.29 is 14.6 Å². The van der Waals surface area contributed by atoms with E-state index < -0.39 is 12.1 Å². The van der Waals surface area contributed by atoms with Crippen molar-refractivity contribution in [2.24, 2.45) is 5.73 Å². The first-order chi connectivity index (χ1) is 8.45. The molecule has 4 nitrogen and oxygen atoms in total. The highest BCUT2D eigenvalue weighted by Gasteiger charge is 2.20. The predicted molar refractivity (Wildman–Crippen MR) is 73.7 cm³/mol. The molecule has 18 heavy (non-hydrogen) atoms. The number of nitrogens with two attached hydrogens (primary N) is 1. The van der Waals surface area contributed by atoms with E-state index in [0.29, 0.717) is 12.2 Å². The molecule has 1 aromatic rings. The normalized spacial score (nSPS) is 14.0. The maximum absolute atomic E-state index is 11.1. The van der Waals surface area contributed by atoms with Gasteiger partial charge in [-0.2, -0.15) is 0 Å². The first-order valence-corrected chi connectivity index (χ1v) is 6.69. The maximum Gasteiger partial charge on any atom is 0.344 e. The van der Waals surface area contributed by atoms with E-state index in [2.05, 4.69) is 15.9 Å². The highest BCUT2D eigenvalue weighted by molar-refractivity contribution is 9.10. The second-order valence-corrected chi connectivity index (χ2v) is 5.12. The fourth-order valence-electron chi connectivity index (χ4n) is 1.63. The first-order valence-electron chi connectivity index (χ1n) is 5.90. The van der Waals surface area contributed by atoms with E-state index in [-0.39, 0.29) is 6.04 Å². The van der Waals surface area contributed by atoms with Gasteiger partial charge < -0.3 is 15.6 Å². The van der Waals surface area contributed by atoms with Crippen LogP contribution in [0, 0.1) is 0 Å². The van der Waals surface area contributed by atoms with Gasteiger partial charge in [0.25, 0.3) is 0 Å². The summed E-state index contributed by atoms with van der Waals surface area (Å²) in [6.45, 7) is 3.76. The third kappa shape index (κ3) is 3.99. The van der Waals surface area contributed by atoms with E-state index in [9.17, 15) is 4.79 Å². The van der Waals surface area contributed by atoms with Gasteiger partial charge in [-0.05, 0) is 31.5 Å². The Balaban J connectivity index is 2.98. The number of benzene rings is 1. The van der Waals surface area contributed by atoms with Gasteiger partial charge in [-0.25, -0.2) is 4.79 Å². The summed E-state index contributed by atoms with van der Waals surface area (Å²) in [5, 5.41) is 9.08. The minimum absolute atomic E-state index is 0.214. The molecule has 0 fully saturated rings. The van der Waals surface area contributed by atoms with Gasteiger partial charge in [0, 0.05) is 16.1 Å². The van der Waals surface area contributed by atoms with Gasteiger partial charge in [0.1, 0.15) is 5.75 Å². The summed E-state index contributed by atoms with van der Waals surface area (Å²) >= 11 is 3.36. The summed E-state index contributed by atoms with van der Waals surface area (Å²) in [5.41, 5.74) is 6.66. The number of aliphatic carboxylic acids is 1. The van der Waals surface area contributed by atoms with Crippen molar-refractivity contribution in [3.05, 3.63) is 28.2 Å². The lowest BCUT2D eigenvalue weighted by atomic mass is 10.1. The molecule has 0 spiro atoms. The topological polar surface area (TPSA) is 72.5 Å². The zero-order valence-electron chi connectivity index (χ0n) is 10.5. The van der Waals surface area contributed by atoms with Crippen LogP contribution in [0.5, 0.6) is 5.75 Å². The maximum atomic E-state index is 11.1. The van der Waals surface area contributed by atoms with Crippen LogP contribution in [0.2, 0.25) is 0 Å². The smallest absolute Gasteiger partial charge is 0.344 e. The number of carboxylic acid groups (broad SMARTS) is 1. The number of ether oxygens (including phenoxy) is 1. The molecule has 2 unspecified atom stereocenters. The largest absolute Gasteiger partial charge is 0.479 e. The third-order valence-corrected chi connectivity index (χ3v) is 3.05. The van der Waals surface area contributed by atoms with Crippen molar-refractivity contribution in [1.82, 2.24) is 0 Å². The van der Waals surface area contributed by atoms with Crippen LogP contribution in [-0.4, -0.2) is 17.2 Å². The number of carboxylic acids is 1. The molecule has 0 aromatic heterocycles. The Morgan fingerprint density at radius 2 is 2.22 bits per heavy atom. The molecule has 0 bridgehead atoms. The fourth-order valence-corrected chi connectivity index (χ4v) is 2.01. The Hall–Kier alpha value is -1.07. The summed E-state index contributed by atoms with van der Waals surface area (Å²) in [6.07, 6.45) is 0.402. The van der Waals surface area contributed by atoms with Gasteiger partial charge in [-0.3, -0.25) is 0 Å². The molecular weight excluding hydrogens is 298 g/mol. The van der Waals surface area contributed by atoms with Crippen LogP contribution in [0.25, 0.3) is 0 Å². The Morgan fingerprint density at radius 1 is 1.56 bits per heavy atom. The van der Waals surface area contributed by atoms with E-state index in [1.54, 1.807) is 6.07 Å². The van der Waals surface area contributed by atoms with Gasteiger partial charge >= 0.3 is 5.97 Å². The molecule has 0 saturated heterocycles. The molecule has 100 valence electrons. The zero-order valence-corrected chi connectivity index (χ0v) is 12.1. The average molecular weight is 316 g/mol. The highest BCUT2D eigenvalue weighted by Crippen LogP contribution is 2.28. The Bertz CT molecular complexity index is 421. The van der Waals surface area contributed by atoms with Crippen molar-refractivity contribution in [3.8, 4) is 5.75 Å². The van der Waals surface area contributed by atoms with E-state index in [1.165, 1.54) is 0 Å². The molecule has 3 N–H and O–H groups in total. The number of rotatable bonds is 6. The number of hydrogen-bond donors (Lipinski definition) is 2. The zero-order chi connectivity index (χ0) is 13.7. The van der Waals surface area contributed by atoms with E-state index in [0.717, 1.165) is 16.5 Å². The van der Waals surface area contributed by atoms with E-state index >= 15 is 0 Å². The van der Waals surface area contributed by atoms with Crippen LogP contribution >= 0.6 is 15.9 Å². The molecule has 0 amide bonds. The van der Waals surface area contributed by atoms with Gasteiger partial charge in [0.05, 0.1) is 0 Å². The lowest BCUT2D eigenvalue weighted by molar-refractivity contribution is -0.145. The number of carbonyl (C=O) groups is 1. The number of hydrogen-bond acceptors (Lipinski definition) is 3. The summed E-state index contributed by atoms with van der Waals surface area (Å²) in [5.74, 6) is -0.413. The lowest BCUT2D eigenvalue weighted by Gasteiger charge is -2.19. The van der Waals surface area contributed by atoms with Crippen LogP contribution in [-0.2, 0) is 4.79 Å². The summed E-state index contributed by atoms with van der Waals surface area (Å²) in [7, 11) is 0. The minimum Gasteiger partial charge on any atom is -0.479 e. The van der Waals surface area contributed by atoms with E-state index in [1.807, 2.05) is 26.0 Å². The standard InChI is InChI=1S/C13H18BrNO3/c1-3-4-12(13(16)17)18-11-6-5-9(14)7-10(11)8(2)15/h5-8,12H,3-4,15H2,1-2H3,(H,16,17). The fraction of sp³-hybridized carbons (Fsp3) is 0.462. The van der Waals surface area contributed by atoms with Crippen molar-refractivity contribution in [1.29, 1.82) is 0 Å². The van der Waals surface area contributed by atoms with Crippen molar-refractivity contribution in [2.45, 2.75) is 38.8 Å². The Morgan fingerprint density at radius 3 is 2.72 bits per heavy atom. The molecule has 1 aromatic carbocycles. The van der Waals surface area contributed by atoms with E-state index in [4.69, 9.17) is 15.6 Å². The molecule has 0 saturated carbocycles. The SMILES string of the molecule is CCCC(Oc1ccc(Br)cc1C(C)N)C(=O)O. The van der Waals surface area contributed by atoms with Gasteiger partial charge in [-0.1, -0.05) is 29.3 Å². The van der Waals surface area contributed by atoms with Crippen LogP contribution in [0.1, 0.15) is 38.3 Å². The Labute approximate surface area is 115 Å². The second kappa shape index (κ2) is 6.75. The van der Waals surface area contributed by atoms with Crippen LogP contribution in [0.3, 0.4) is 0 Å². The first kappa shape index (κ1) is 15.0. The van der Waals surface area contributed by atoms with Crippen LogP contribution in [0.15, 0.2) is 22.7 Å². The van der Waals surface area contributed by atoms with Crippen LogP contribution < -0.4 is 10.5 Å². The van der Waals surface area contributed by atoms with Gasteiger partial charge in [-0.15, -0.1) is 0 Å². The third-order valence-electron chi connectivity index (χ3n) is 2.56. The van der Waals surface area contributed by atoms with Gasteiger partial charge in [0.15, 0.2) is 6.10 Å². The Kier molecular flexibility index (Phi) is 5.62. The molecule has 2 atom stereocenters. The van der Waals surface area contributed by atoms with Crippen molar-refractivity contribution in [2.75, 3.05) is 0 Å². The number of halogens is 1. The highest BCUT2D eigenvalue weighted by atomic mass is 79.9. The summed E-state index contributed by atoms with van der Waals surface area (Å²) in [6, 6.07) is 5.19. The van der Waals surface area contributed by atoms with Crippen molar-refractivity contribution in [3.63, 3.8) is 0 Å². The lowest BCUT2D eigenvalue weighted by Crippen LogP contribution is -2.27. The molecule has 0 heterocycles. The molecule has 0 aliphatic carbocycles. The summed E-state index contributed by atoms with van der Waals surface area (Å²) < 4.78 is 6.46. The van der Waals surface area contributed by atoms with Crippen LogP contribution in [0.4, 0.5) is 0 Å². The molecular formula is C13H18BrNO3. The quantitative estimate of drug-likeness (QED) is 0.846. The monoisotopic (exact) mass is 315 g/mol. The second-order valence-electron chi connectivity index (χ2n) is 4.20. The minimum atomic E-state index is -0.949. The van der Waals surface area contributed by atoms with Crippen molar-refractivity contribution >= 4 is 21.9 Å².